The van der Waals surface area contributed by atoms with Crippen molar-refractivity contribution in [2.75, 3.05) is 10.6 Å². The summed E-state index contributed by atoms with van der Waals surface area (Å²) in [6.45, 7) is 2.05. The van der Waals surface area contributed by atoms with Gasteiger partial charge in [0.1, 0.15) is 0 Å². The number of hydrogen-bond donors (Lipinski definition) is 2. The number of nitrogens with one attached hydrogen (secondary N) is 2. The van der Waals surface area contributed by atoms with Crippen molar-refractivity contribution in [3.8, 4) is 0 Å². The minimum Gasteiger partial charge on any atom is -0.339 e. The fourth-order valence-electron chi connectivity index (χ4n) is 2.33. The maximum Gasteiger partial charge on any atom is 0.276 e. The Kier molecular flexibility index (Phi) is 4.81. The van der Waals surface area contributed by atoms with E-state index in [1.165, 1.54) is 0 Å². The molecule has 3 aromatic rings. The Morgan fingerprint density at radius 3 is 2.38 bits per heavy atom. The molecule has 0 aliphatic heterocycles. The predicted molar refractivity (Wildman–Crippen MR) is 95.5 cm³/mol. The maximum atomic E-state index is 12.3. The third-order valence-corrected chi connectivity index (χ3v) is 3.59. The summed E-state index contributed by atoms with van der Waals surface area (Å²) in [5.41, 5.74) is 3.08. The quantitative estimate of drug-likeness (QED) is 0.745. The summed E-state index contributed by atoms with van der Waals surface area (Å²) in [6, 6.07) is 20.8. The first-order valence-electron chi connectivity index (χ1n) is 7.81. The van der Waals surface area contributed by atoms with Crippen LogP contribution in [0.15, 0.2) is 66.7 Å². The molecule has 0 unspecified atom stereocenters. The van der Waals surface area contributed by atoms with Gasteiger partial charge in [-0.15, -0.1) is 10.2 Å². The average Bonchev–Trinajstić information content (AvgIpc) is 2.63. The molecule has 0 aliphatic carbocycles. The number of carbonyl (C=O) groups excluding carboxylic acids is 1. The monoisotopic (exact) mass is 318 g/mol. The van der Waals surface area contributed by atoms with Crippen LogP contribution in [0, 0.1) is 0 Å². The van der Waals surface area contributed by atoms with E-state index in [1.54, 1.807) is 12.1 Å². The summed E-state index contributed by atoms with van der Waals surface area (Å²) in [5, 5.41) is 14.1. The van der Waals surface area contributed by atoms with E-state index in [-0.39, 0.29) is 11.6 Å². The van der Waals surface area contributed by atoms with Gasteiger partial charge < -0.3 is 10.6 Å². The molecule has 5 heteroatoms. The number of anilines is 3. The van der Waals surface area contributed by atoms with Crippen molar-refractivity contribution in [1.82, 2.24) is 10.2 Å². The molecule has 1 aromatic heterocycles. The summed E-state index contributed by atoms with van der Waals surface area (Å²) in [6.07, 6.45) is 0.849. The highest BCUT2D eigenvalue weighted by atomic mass is 16.1. The highest BCUT2D eigenvalue weighted by Gasteiger charge is 2.10. The number of hydrogen-bond acceptors (Lipinski definition) is 4. The first kappa shape index (κ1) is 15.7. The molecule has 0 radical (unpaired) electrons. The van der Waals surface area contributed by atoms with Crippen LogP contribution in [-0.4, -0.2) is 16.1 Å². The smallest absolute Gasteiger partial charge is 0.276 e. The Balaban J connectivity index is 1.70. The van der Waals surface area contributed by atoms with Crippen LogP contribution in [0.5, 0.6) is 0 Å². The number of para-hydroxylation sites is 2. The van der Waals surface area contributed by atoms with Gasteiger partial charge in [0.05, 0.1) is 0 Å². The summed E-state index contributed by atoms with van der Waals surface area (Å²) in [5.74, 6) is 0.321. The van der Waals surface area contributed by atoms with Gasteiger partial charge in [0, 0.05) is 11.4 Å². The third-order valence-electron chi connectivity index (χ3n) is 3.59. The first-order valence-corrected chi connectivity index (χ1v) is 7.81. The number of carbonyl (C=O) groups is 1. The minimum atomic E-state index is -0.269. The Morgan fingerprint density at radius 1 is 0.917 bits per heavy atom. The molecule has 0 saturated heterocycles. The Morgan fingerprint density at radius 2 is 1.67 bits per heavy atom. The molecule has 120 valence electrons. The van der Waals surface area contributed by atoms with Crippen molar-refractivity contribution in [2.45, 2.75) is 13.3 Å². The SMILES string of the molecule is CCc1ccccc1NC(=O)c1ccc(Nc2ccccc2)nn1. The van der Waals surface area contributed by atoms with Gasteiger partial charge in [-0.3, -0.25) is 4.79 Å². The van der Waals surface area contributed by atoms with E-state index < -0.39 is 0 Å². The van der Waals surface area contributed by atoms with Crippen LogP contribution in [-0.2, 0) is 6.42 Å². The number of benzene rings is 2. The van der Waals surface area contributed by atoms with Gasteiger partial charge in [-0.2, -0.15) is 0 Å². The third kappa shape index (κ3) is 3.76. The summed E-state index contributed by atoms with van der Waals surface area (Å²) < 4.78 is 0. The average molecular weight is 318 g/mol. The number of rotatable bonds is 5. The van der Waals surface area contributed by atoms with Crippen molar-refractivity contribution in [2.24, 2.45) is 0 Å². The fourth-order valence-corrected chi connectivity index (χ4v) is 2.33. The van der Waals surface area contributed by atoms with Crippen LogP contribution < -0.4 is 10.6 Å². The normalized spacial score (nSPS) is 10.2. The van der Waals surface area contributed by atoms with Gasteiger partial charge in [0.25, 0.3) is 5.91 Å². The van der Waals surface area contributed by atoms with Crippen LogP contribution >= 0.6 is 0 Å². The molecule has 2 N–H and O–H groups in total. The number of amides is 1. The van der Waals surface area contributed by atoms with E-state index in [2.05, 4.69) is 27.8 Å². The maximum absolute atomic E-state index is 12.3. The lowest BCUT2D eigenvalue weighted by molar-refractivity contribution is 0.102. The van der Waals surface area contributed by atoms with E-state index in [0.717, 1.165) is 23.4 Å². The molecule has 0 fully saturated rings. The van der Waals surface area contributed by atoms with Crippen LogP contribution in [0.4, 0.5) is 17.2 Å². The second-order valence-electron chi connectivity index (χ2n) is 5.26. The standard InChI is InChI=1S/C19H18N4O/c1-2-14-8-6-7-11-16(14)21-19(24)17-12-13-18(23-22-17)20-15-9-4-3-5-10-15/h3-13H,2H2,1H3,(H,20,23)(H,21,24). The molecule has 1 amide bonds. The number of nitrogens with zero attached hydrogens (tertiary/aromatic N) is 2. The molecule has 5 nitrogen and oxygen atoms in total. The van der Waals surface area contributed by atoms with Gasteiger partial charge in [0.2, 0.25) is 0 Å². The molecule has 0 bridgehead atoms. The zero-order valence-electron chi connectivity index (χ0n) is 13.4. The van der Waals surface area contributed by atoms with E-state index in [0.29, 0.717) is 5.82 Å². The molecular formula is C19H18N4O. The highest BCUT2D eigenvalue weighted by molar-refractivity contribution is 6.03. The van der Waals surface area contributed by atoms with Gasteiger partial charge >= 0.3 is 0 Å². The zero-order valence-corrected chi connectivity index (χ0v) is 13.4. The van der Waals surface area contributed by atoms with Crippen molar-refractivity contribution in [3.05, 3.63) is 78.0 Å². The van der Waals surface area contributed by atoms with Crippen molar-refractivity contribution in [3.63, 3.8) is 0 Å². The number of aromatic nitrogens is 2. The molecular weight excluding hydrogens is 300 g/mol. The molecule has 0 saturated carbocycles. The lowest BCUT2D eigenvalue weighted by atomic mass is 10.1. The second-order valence-corrected chi connectivity index (χ2v) is 5.26. The van der Waals surface area contributed by atoms with E-state index >= 15 is 0 Å². The fraction of sp³-hybridized carbons (Fsp3) is 0.105. The van der Waals surface area contributed by atoms with Crippen molar-refractivity contribution < 1.29 is 4.79 Å². The van der Waals surface area contributed by atoms with Gasteiger partial charge in [-0.05, 0) is 42.3 Å². The molecule has 3 rings (SSSR count). The largest absolute Gasteiger partial charge is 0.339 e. The first-order chi connectivity index (χ1) is 11.8. The van der Waals surface area contributed by atoms with Gasteiger partial charge in [-0.25, -0.2) is 0 Å². The summed E-state index contributed by atoms with van der Waals surface area (Å²) in [7, 11) is 0. The Bertz CT molecular complexity index is 816. The second kappa shape index (κ2) is 7.37. The lowest BCUT2D eigenvalue weighted by Crippen LogP contribution is -2.15. The Labute approximate surface area is 140 Å². The van der Waals surface area contributed by atoms with Crippen LogP contribution in [0.3, 0.4) is 0 Å². The molecule has 1 heterocycles. The van der Waals surface area contributed by atoms with Gasteiger partial charge in [-0.1, -0.05) is 43.3 Å². The van der Waals surface area contributed by atoms with Gasteiger partial charge in [0.15, 0.2) is 11.5 Å². The van der Waals surface area contributed by atoms with Crippen LogP contribution in [0.25, 0.3) is 0 Å². The zero-order chi connectivity index (χ0) is 16.8. The minimum absolute atomic E-state index is 0.269. The van der Waals surface area contributed by atoms with Crippen LogP contribution in [0.1, 0.15) is 23.0 Å². The lowest BCUT2D eigenvalue weighted by Gasteiger charge is -2.09. The Hall–Kier alpha value is -3.21. The topological polar surface area (TPSA) is 66.9 Å². The molecule has 0 aliphatic rings. The van der Waals surface area contributed by atoms with E-state index in [9.17, 15) is 4.79 Å². The summed E-state index contributed by atoms with van der Waals surface area (Å²) in [4.78, 5) is 12.3. The van der Waals surface area contributed by atoms with Crippen molar-refractivity contribution >= 4 is 23.1 Å². The molecule has 0 atom stereocenters. The van der Waals surface area contributed by atoms with E-state index in [4.69, 9.17) is 0 Å². The van der Waals surface area contributed by atoms with Crippen molar-refractivity contribution in [1.29, 1.82) is 0 Å². The number of aryl methyl sites for hydroxylation is 1. The summed E-state index contributed by atoms with van der Waals surface area (Å²) >= 11 is 0. The van der Waals surface area contributed by atoms with Crippen LogP contribution in [0.2, 0.25) is 0 Å². The predicted octanol–water partition coefficient (Wildman–Crippen LogP) is 4.03. The van der Waals surface area contributed by atoms with E-state index in [1.807, 2.05) is 54.6 Å². The molecule has 2 aromatic carbocycles. The molecule has 24 heavy (non-hydrogen) atoms. The molecule has 0 spiro atoms. The highest BCUT2D eigenvalue weighted by Crippen LogP contribution is 2.17.